The Kier molecular flexibility index (Phi) is 7.99. The Labute approximate surface area is 248 Å². The zero-order valence-electron chi connectivity index (χ0n) is 24.6. The zero-order chi connectivity index (χ0) is 29.9. The quantitative estimate of drug-likeness (QED) is 0.214. The van der Waals surface area contributed by atoms with Crippen LogP contribution in [-0.2, 0) is 0 Å². The molecule has 5 aromatic heterocycles. The zero-order valence-corrected chi connectivity index (χ0v) is 24.6. The minimum absolute atomic E-state index is 0.373. The van der Waals surface area contributed by atoms with Gasteiger partial charge in [0.05, 0.1) is 34.8 Å². The van der Waals surface area contributed by atoms with Crippen molar-refractivity contribution in [2.75, 3.05) is 54.5 Å². The van der Waals surface area contributed by atoms with Crippen LogP contribution in [0.2, 0.25) is 0 Å². The number of ether oxygens (including phenoxy) is 2. The second-order valence-electron chi connectivity index (χ2n) is 10.9. The first-order valence-electron chi connectivity index (χ1n) is 14.0. The van der Waals surface area contributed by atoms with Gasteiger partial charge in [-0.3, -0.25) is 15.1 Å². The van der Waals surface area contributed by atoms with Crippen molar-refractivity contribution in [1.82, 2.24) is 39.9 Å². The number of aromatic amines is 2. The Hall–Kier alpha value is -4.87. The molecule has 11 heteroatoms. The van der Waals surface area contributed by atoms with Gasteiger partial charge in [-0.05, 0) is 70.2 Å². The summed E-state index contributed by atoms with van der Waals surface area (Å²) in [6.07, 6.45) is 6.95. The number of H-pyrrole nitrogens is 2. The lowest BCUT2D eigenvalue weighted by Gasteiger charge is -2.12. The molecule has 6 rings (SSSR count). The molecule has 2 N–H and O–H groups in total. The van der Waals surface area contributed by atoms with Crippen LogP contribution >= 0.6 is 0 Å². The van der Waals surface area contributed by atoms with Gasteiger partial charge in [-0.25, -0.2) is 9.37 Å². The van der Waals surface area contributed by atoms with Crippen LogP contribution in [0.15, 0.2) is 67.3 Å². The summed E-state index contributed by atoms with van der Waals surface area (Å²) in [5, 5.41) is 8.55. The molecule has 220 valence electrons. The second-order valence-corrected chi connectivity index (χ2v) is 10.9. The second kappa shape index (κ2) is 12.2. The Morgan fingerprint density at radius 1 is 0.767 bits per heavy atom. The monoisotopic (exact) mass is 580 g/mol. The van der Waals surface area contributed by atoms with Gasteiger partial charge >= 0.3 is 0 Å². The number of benzene rings is 1. The van der Waals surface area contributed by atoms with Crippen LogP contribution in [-0.4, -0.2) is 94.4 Å². The predicted octanol–water partition coefficient (Wildman–Crippen LogP) is 5.25. The first kappa shape index (κ1) is 28.3. The number of likely N-dealkylation sites (N-methyl/N-ethyl adjacent to an activating group) is 2. The van der Waals surface area contributed by atoms with Gasteiger partial charge in [0.25, 0.3) is 0 Å². The predicted molar refractivity (Wildman–Crippen MR) is 166 cm³/mol. The van der Waals surface area contributed by atoms with Crippen molar-refractivity contribution in [2.45, 2.75) is 0 Å². The van der Waals surface area contributed by atoms with E-state index in [-0.39, 0.29) is 5.82 Å². The summed E-state index contributed by atoms with van der Waals surface area (Å²) >= 11 is 0. The van der Waals surface area contributed by atoms with Gasteiger partial charge in [0.15, 0.2) is 0 Å². The highest BCUT2D eigenvalue weighted by Crippen LogP contribution is 2.35. The van der Waals surface area contributed by atoms with Gasteiger partial charge in [0, 0.05) is 48.1 Å². The van der Waals surface area contributed by atoms with E-state index in [1.807, 2.05) is 63.4 Å². The van der Waals surface area contributed by atoms with Crippen LogP contribution in [0.3, 0.4) is 0 Å². The standard InChI is InChI=1S/C32H33FN8O2/c1-40(2)7-9-42-23-12-20(11-22(33)14-23)26-18-35-19-30-25(26)15-29(36-30)32-31-28(38-39-32)6-5-27(37-31)21-13-24(17-34-16-21)43-10-8-41(3)4/h5-6,11-19,36H,7-10H2,1-4H3,(H,38,39). The van der Waals surface area contributed by atoms with Gasteiger partial charge in [0.1, 0.15) is 41.7 Å². The van der Waals surface area contributed by atoms with E-state index >= 15 is 0 Å². The molecule has 0 fully saturated rings. The third-order valence-corrected chi connectivity index (χ3v) is 7.01. The Bertz CT molecular complexity index is 1880. The number of hydrogen-bond acceptors (Lipinski definition) is 8. The average Bonchev–Trinajstić information content (AvgIpc) is 3.60. The van der Waals surface area contributed by atoms with E-state index in [2.05, 4.69) is 30.0 Å². The van der Waals surface area contributed by atoms with E-state index in [0.29, 0.717) is 41.5 Å². The van der Waals surface area contributed by atoms with Crippen molar-refractivity contribution in [2.24, 2.45) is 0 Å². The molecular weight excluding hydrogens is 547 g/mol. The average molecular weight is 581 g/mol. The van der Waals surface area contributed by atoms with Gasteiger partial charge < -0.3 is 24.3 Å². The van der Waals surface area contributed by atoms with Gasteiger partial charge in [-0.15, -0.1) is 0 Å². The number of pyridine rings is 3. The smallest absolute Gasteiger partial charge is 0.138 e. The molecule has 6 aromatic rings. The fourth-order valence-electron chi connectivity index (χ4n) is 4.79. The molecule has 0 bridgehead atoms. The highest BCUT2D eigenvalue weighted by molar-refractivity contribution is 6.00. The lowest BCUT2D eigenvalue weighted by molar-refractivity contribution is 0.260. The lowest BCUT2D eigenvalue weighted by Crippen LogP contribution is -2.19. The topological polar surface area (TPSA) is 108 Å². The molecular formula is C32H33FN8O2. The van der Waals surface area contributed by atoms with Crippen LogP contribution in [0.1, 0.15) is 0 Å². The number of aromatic nitrogens is 6. The molecule has 1 aromatic carbocycles. The molecule has 0 atom stereocenters. The molecule has 0 aliphatic rings. The summed E-state index contributed by atoms with van der Waals surface area (Å²) in [6.45, 7) is 2.55. The summed E-state index contributed by atoms with van der Waals surface area (Å²) in [6, 6.07) is 12.5. The van der Waals surface area contributed by atoms with Crippen molar-refractivity contribution in [1.29, 1.82) is 0 Å². The molecule has 43 heavy (non-hydrogen) atoms. The Morgan fingerprint density at radius 3 is 2.30 bits per heavy atom. The Morgan fingerprint density at radius 2 is 1.51 bits per heavy atom. The summed E-state index contributed by atoms with van der Waals surface area (Å²) < 4.78 is 26.3. The highest BCUT2D eigenvalue weighted by atomic mass is 19.1. The maximum absolute atomic E-state index is 14.6. The number of nitrogens with one attached hydrogen (secondary N) is 2. The van der Waals surface area contributed by atoms with Crippen LogP contribution in [0.5, 0.6) is 11.5 Å². The molecule has 0 amide bonds. The molecule has 0 radical (unpaired) electrons. The van der Waals surface area contributed by atoms with Gasteiger partial charge in [0.2, 0.25) is 0 Å². The molecule has 0 saturated heterocycles. The number of fused-ring (bicyclic) bond motifs is 2. The van der Waals surface area contributed by atoms with Crippen molar-refractivity contribution in [3.8, 4) is 45.3 Å². The largest absolute Gasteiger partial charge is 0.492 e. The summed E-state index contributed by atoms with van der Waals surface area (Å²) in [5.74, 6) is 0.788. The number of nitrogens with zero attached hydrogens (tertiary/aromatic N) is 6. The molecule has 0 aliphatic heterocycles. The van der Waals surface area contributed by atoms with Crippen LogP contribution < -0.4 is 9.47 Å². The van der Waals surface area contributed by atoms with E-state index in [1.165, 1.54) is 12.1 Å². The van der Waals surface area contributed by atoms with Crippen LogP contribution in [0.4, 0.5) is 4.39 Å². The third kappa shape index (κ3) is 6.32. The number of rotatable bonds is 11. The van der Waals surface area contributed by atoms with Crippen molar-refractivity contribution < 1.29 is 13.9 Å². The van der Waals surface area contributed by atoms with E-state index in [4.69, 9.17) is 14.5 Å². The fraction of sp³-hybridized carbons (Fsp3) is 0.250. The Balaban J connectivity index is 1.33. The molecule has 10 nitrogen and oxygen atoms in total. The van der Waals surface area contributed by atoms with Gasteiger partial charge in [-0.1, -0.05) is 0 Å². The van der Waals surface area contributed by atoms with E-state index in [0.717, 1.165) is 52.0 Å². The minimum atomic E-state index is -0.373. The summed E-state index contributed by atoms with van der Waals surface area (Å²) in [5.41, 5.74) is 6.78. The highest BCUT2D eigenvalue weighted by Gasteiger charge is 2.17. The molecule has 0 aliphatic carbocycles. The number of halogens is 1. The van der Waals surface area contributed by atoms with Crippen LogP contribution in [0, 0.1) is 5.82 Å². The van der Waals surface area contributed by atoms with Crippen molar-refractivity contribution >= 4 is 21.9 Å². The normalized spacial score (nSPS) is 11.7. The van der Waals surface area contributed by atoms with E-state index < -0.39 is 0 Å². The number of hydrogen-bond donors (Lipinski definition) is 2. The van der Waals surface area contributed by atoms with E-state index in [1.54, 1.807) is 24.8 Å². The molecule has 0 spiro atoms. The molecule has 5 heterocycles. The first-order chi connectivity index (χ1) is 20.8. The van der Waals surface area contributed by atoms with E-state index in [9.17, 15) is 4.39 Å². The first-order valence-corrected chi connectivity index (χ1v) is 14.0. The maximum atomic E-state index is 14.6. The SMILES string of the molecule is CN(C)CCOc1cncc(-c2ccc3[nH]nc(-c4cc5c(-c6cc(F)cc(OCCN(C)C)c6)cncc5[nH]4)c3n2)c1. The molecule has 0 saturated carbocycles. The maximum Gasteiger partial charge on any atom is 0.138 e. The minimum Gasteiger partial charge on any atom is -0.492 e. The van der Waals surface area contributed by atoms with Gasteiger partial charge in [-0.2, -0.15) is 5.10 Å². The summed E-state index contributed by atoms with van der Waals surface area (Å²) in [4.78, 5) is 21.2. The molecule has 0 unspecified atom stereocenters. The third-order valence-electron chi connectivity index (χ3n) is 7.01. The van der Waals surface area contributed by atoms with Crippen molar-refractivity contribution in [3.63, 3.8) is 0 Å². The fourth-order valence-corrected chi connectivity index (χ4v) is 4.79. The van der Waals surface area contributed by atoms with Crippen LogP contribution in [0.25, 0.3) is 55.7 Å². The summed E-state index contributed by atoms with van der Waals surface area (Å²) in [7, 11) is 7.94. The lowest BCUT2D eigenvalue weighted by atomic mass is 10.0. The van der Waals surface area contributed by atoms with Crippen molar-refractivity contribution in [3.05, 3.63) is 73.1 Å².